The minimum absolute atomic E-state index is 0.0924. The highest BCUT2D eigenvalue weighted by molar-refractivity contribution is 7.66. The molecule has 0 saturated carbocycles. The number of H-pyrrole nitrogens is 2. The van der Waals surface area contributed by atoms with Gasteiger partial charge in [-0.15, -0.1) is 0 Å². The second kappa shape index (κ2) is 21.2. The molecule has 416 valence electrons. The molecule has 0 aromatic carbocycles. The van der Waals surface area contributed by atoms with Crippen LogP contribution in [0.2, 0.25) is 0 Å². The van der Waals surface area contributed by atoms with E-state index in [1.54, 1.807) is 7.05 Å². The van der Waals surface area contributed by atoms with Gasteiger partial charge in [0.25, 0.3) is 11.1 Å². The van der Waals surface area contributed by atoms with E-state index in [0.29, 0.717) is 0 Å². The van der Waals surface area contributed by atoms with Gasteiger partial charge in [0.15, 0.2) is 52.5 Å². The van der Waals surface area contributed by atoms with Gasteiger partial charge in [0, 0.05) is 21.3 Å². The van der Waals surface area contributed by atoms with Crippen molar-refractivity contribution in [2.45, 2.75) is 73.6 Å². The average molecular weight is 1160 g/mol. The molecule has 9 rings (SSSR count). The molecule has 3 aliphatic heterocycles. The summed E-state index contributed by atoms with van der Waals surface area (Å²) < 4.78 is 114. The van der Waals surface area contributed by atoms with E-state index in [0.717, 1.165) is 42.3 Å². The standard InChI is InChI=1S/C33H45N15O24P4/c1-36-23-14-24(38-7-37-23)46(8-39-14)31-22(63-3)21(70-73(54,55)64-4-11-17(49)18(50)29(67-11)47-9-40-15-25(47)42-32(34)44-27(15)52)13(69-31)6-66-75(58,59)72-76(60,61)71-74(56,57)65-5-12-20(62-2)19(51)30(68-12)48-10-41-16-26(48)43-33(35)45-28(16)53/h7-13,17-22,29-31,49-51H,4-6H2,1-3H3,(H,54,55)(H,56,57)(H,58,59)(H,60,61)(H,36,37,38)(H3,34,42,44,52)(H3,35,43,45,53). The van der Waals surface area contributed by atoms with Gasteiger partial charge in [-0.25, -0.2) is 43.2 Å². The molecule has 6 aromatic rings. The van der Waals surface area contributed by atoms with Crippen LogP contribution in [0.4, 0.5) is 17.7 Å². The second-order valence-electron chi connectivity index (χ2n) is 16.4. The summed E-state index contributed by atoms with van der Waals surface area (Å²) in [6.07, 6.45) is -14.6. The van der Waals surface area contributed by atoms with E-state index >= 15 is 0 Å². The third kappa shape index (κ3) is 11.1. The molecule has 0 bridgehead atoms. The van der Waals surface area contributed by atoms with E-state index in [9.17, 15) is 62.7 Å². The quantitative estimate of drug-likeness (QED) is 0.0319. The van der Waals surface area contributed by atoms with Gasteiger partial charge in [0.2, 0.25) is 11.9 Å². The van der Waals surface area contributed by atoms with Crippen LogP contribution in [-0.2, 0) is 68.7 Å². The summed E-state index contributed by atoms with van der Waals surface area (Å²) in [5.41, 5.74) is 9.49. The van der Waals surface area contributed by atoms with Crippen molar-refractivity contribution in [2.75, 3.05) is 57.9 Å². The Morgan fingerprint density at radius 1 is 0.592 bits per heavy atom. The Hall–Kier alpha value is -5.15. The lowest BCUT2D eigenvalue weighted by molar-refractivity contribution is -0.0582. The van der Waals surface area contributed by atoms with Gasteiger partial charge in [-0.2, -0.15) is 18.6 Å². The molecule has 3 aliphatic rings. The van der Waals surface area contributed by atoms with Crippen molar-refractivity contribution in [3.8, 4) is 0 Å². The minimum atomic E-state index is -6.18. The normalized spacial score (nSPS) is 30.2. The number of aromatic amines is 2. The first-order valence-corrected chi connectivity index (χ1v) is 27.5. The van der Waals surface area contributed by atoms with Crippen LogP contribution in [0, 0.1) is 0 Å². The van der Waals surface area contributed by atoms with Crippen molar-refractivity contribution >= 4 is 82.5 Å². The number of hydrogen-bond acceptors (Lipinski definition) is 30. The molecule has 0 amide bonds. The molecule has 3 saturated heterocycles. The highest BCUT2D eigenvalue weighted by Crippen LogP contribution is 2.68. The van der Waals surface area contributed by atoms with Crippen LogP contribution in [-0.4, -0.2) is 189 Å². The van der Waals surface area contributed by atoms with E-state index in [1.165, 1.54) is 10.9 Å². The summed E-state index contributed by atoms with van der Waals surface area (Å²) >= 11 is 0. The molecule has 76 heavy (non-hydrogen) atoms. The Bertz CT molecular complexity index is 3450. The Morgan fingerprint density at radius 2 is 1.05 bits per heavy atom. The van der Waals surface area contributed by atoms with Gasteiger partial charge in [-0.05, 0) is 0 Å². The van der Waals surface area contributed by atoms with Gasteiger partial charge in [0.1, 0.15) is 66.8 Å². The Morgan fingerprint density at radius 3 is 1.59 bits per heavy atom. The summed E-state index contributed by atoms with van der Waals surface area (Å²) in [4.78, 5) is 100. The number of aliphatic hydroxyl groups excluding tert-OH is 3. The van der Waals surface area contributed by atoms with E-state index in [2.05, 4.69) is 58.8 Å². The molecule has 6 aromatic heterocycles. The van der Waals surface area contributed by atoms with Crippen LogP contribution in [0.25, 0.3) is 33.5 Å². The number of nitrogens with one attached hydrogen (secondary N) is 3. The smallest absolute Gasteiger partial charge is 0.387 e. The summed E-state index contributed by atoms with van der Waals surface area (Å²) in [6.45, 7) is -3.24. The van der Waals surface area contributed by atoms with E-state index in [4.69, 9.17) is 53.2 Å². The average Bonchev–Trinajstić information content (AvgIpc) is 4.24. The van der Waals surface area contributed by atoms with Crippen LogP contribution in [0.5, 0.6) is 0 Å². The van der Waals surface area contributed by atoms with Crippen molar-refractivity contribution < 1.29 is 104 Å². The monoisotopic (exact) mass is 1160 g/mol. The number of aliphatic hydroxyl groups is 3. The summed E-state index contributed by atoms with van der Waals surface area (Å²) in [5.74, 6) is -0.361. The number of nitrogens with two attached hydrogens (primary N) is 2. The van der Waals surface area contributed by atoms with Crippen molar-refractivity contribution in [3.05, 3.63) is 46.0 Å². The maximum Gasteiger partial charge on any atom is 0.490 e. The van der Waals surface area contributed by atoms with E-state index in [-0.39, 0.29) is 51.2 Å². The third-order valence-corrected chi connectivity index (χ3v) is 16.9. The molecular weight excluding hydrogens is 1110 g/mol. The number of anilines is 3. The maximum absolute atomic E-state index is 13.7. The minimum Gasteiger partial charge on any atom is -0.387 e. The van der Waals surface area contributed by atoms with Crippen LogP contribution >= 0.6 is 31.3 Å². The molecule has 39 nitrogen and oxygen atoms in total. The number of imidazole rings is 3. The Kier molecular flexibility index (Phi) is 15.5. The van der Waals surface area contributed by atoms with Crippen LogP contribution < -0.4 is 27.9 Å². The fourth-order valence-electron chi connectivity index (χ4n) is 8.41. The van der Waals surface area contributed by atoms with Crippen molar-refractivity contribution in [3.63, 3.8) is 0 Å². The molecular formula is C33H45N15O24P4. The number of nitrogen functional groups attached to an aromatic ring is 2. The highest BCUT2D eigenvalue weighted by atomic mass is 31.3. The topological polar surface area (TPSA) is 546 Å². The molecule has 16 unspecified atom stereocenters. The number of ether oxygens (including phenoxy) is 5. The molecule has 14 N–H and O–H groups in total. The Labute approximate surface area is 421 Å². The van der Waals surface area contributed by atoms with Gasteiger partial charge >= 0.3 is 31.3 Å². The van der Waals surface area contributed by atoms with Crippen molar-refractivity contribution in [1.29, 1.82) is 0 Å². The number of phosphoric acid groups is 4. The lowest BCUT2D eigenvalue weighted by Gasteiger charge is -2.26. The zero-order valence-electron chi connectivity index (χ0n) is 38.8. The largest absolute Gasteiger partial charge is 0.490 e. The second-order valence-corrected chi connectivity index (χ2v) is 22.4. The van der Waals surface area contributed by atoms with Crippen LogP contribution in [0.3, 0.4) is 0 Å². The molecule has 3 fully saturated rings. The number of rotatable bonds is 21. The van der Waals surface area contributed by atoms with Crippen molar-refractivity contribution in [1.82, 2.24) is 58.6 Å². The number of hydrogen-bond donors (Lipinski definition) is 12. The lowest BCUT2D eigenvalue weighted by atomic mass is 10.1. The molecule has 0 radical (unpaired) electrons. The molecule has 43 heteroatoms. The van der Waals surface area contributed by atoms with Gasteiger partial charge in [-0.3, -0.25) is 51.4 Å². The number of fused-ring (bicyclic) bond motifs is 3. The highest BCUT2D eigenvalue weighted by Gasteiger charge is 2.54. The first-order valence-electron chi connectivity index (χ1n) is 21.6. The number of methoxy groups -OCH3 is 2. The summed E-state index contributed by atoms with van der Waals surface area (Å²) in [5, 5.41) is 35.6. The molecule has 0 spiro atoms. The number of phosphoric ester groups is 3. The fourth-order valence-corrected chi connectivity index (χ4v) is 12.9. The third-order valence-electron chi connectivity index (χ3n) is 11.7. The maximum atomic E-state index is 13.7. The zero-order chi connectivity index (χ0) is 54.8. The molecule has 0 aliphatic carbocycles. The van der Waals surface area contributed by atoms with Gasteiger partial charge in [0.05, 0.1) is 38.8 Å². The van der Waals surface area contributed by atoms with E-state index < -0.39 is 136 Å². The fraction of sp³-hybridized carbons (Fsp3) is 0.545. The summed E-state index contributed by atoms with van der Waals surface area (Å²) in [6, 6.07) is 0. The SMILES string of the molecule is CNc1ncnc2c1ncn2C1OC(COP(=O)(O)OP(=O)(O)OP(=O)(O)OCC2OC(n3cnc4c(=O)[nH]c(N)nc43)C(O)C2OC)C(OP(=O)(O)OCC2OC(n3cnc4c(=O)[nH]c(N)nc43)C(O)C2O)C1OC. The van der Waals surface area contributed by atoms with Crippen LogP contribution in [0.1, 0.15) is 18.7 Å². The lowest BCUT2D eigenvalue weighted by Crippen LogP contribution is -2.38. The zero-order valence-corrected chi connectivity index (χ0v) is 42.4. The number of nitrogens with zero attached hydrogens (tertiary/aromatic N) is 10. The predicted octanol–water partition coefficient (Wildman–Crippen LogP) is -3.03. The molecule has 9 heterocycles. The predicted molar refractivity (Wildman–Crippen MR) is 246 cm³/mol. The Balaban J connectivity index is 0.871. The van der Waals surface area contributed by atoms with Crippen LogP contribution in [0.15, 0.2) is 34.9 Å². The first-order chi connectivity index (χ1) is 35.8. The molecule has 16 atom stereocenters. The number of aromatic nitrogens is 12. The first kappa shape index (κ1) is 55.6. The van der Waals surface area contributed by atoms with Gasteiger partial charge in [-0.1, -0.05) is 0 Å². The summed E-state index contributed by atoms with van der Waals surface area (Å²) in [7, 11) is -19.6. The van der Waals surface area contributed by atoms with E-state index in [1.807, 2.05) is 0 Å². The van der Waals surface area contributed by atoms with Crippen molar-refractivity contribution in [2.24, 2.45) is 0 Å². The van der Waals surface area contributed by atoms with Gasteiger partial charge < -0.3 is 75.4 Å².